The molecule has 1 heterocycles. The number of anilines is 1. The molecule has 1 saturated heterocycles. The number of fused-ring (bicyclic) bond motifs is 1. The summed E-state index contributed by atoms with van der Waals surface area (Å²) in [5.41, 5.74) is -0.958. The fourth-order valence-corrected chi connectivity index (χ4v) is 5.54. The number of carbonyl (C=O) groups is 3. The SMILES string of the molecule is O=C(COC(=O)[C@@H]1[C@H]2C[C@H]3[C@H](OC(=O)[C@@H]31)[C@@H]2Br)Nc1cccc(C(F)(F)F)c1. The van der Waals surface area contributed by atoms with Gasteiger partial charge in [0.2, 0.25) is 0 Å². The molecule has 1 aliphatic heterocycles. The maximum absolute atomic E-state index is 12.7. The number of esters is 2. The highest BCUT2D eigenvalue weighted by atomic mass is 79.9. The third-order valence-electron chi connectivity index (χ3n) is 5.61. The molecule has 0 spiro atoms. The van der Waals surface area contributed by atoms with Crippen molar-refractivity contribution in [1.29, 1.82) is 0 Å². The molecular formula is C18H15BrF3NO5. The standard InChI is InChI=1S/C18H15BrF3NO5/c19-14-9-5-10-13(17(26)28-15(10)14)12(9)16(25)27-6-11(24)23-8-3-1-2-7(4-8)18(20,21)22/h1-4,9-10,12-15H,5-6H2,(H,23,24)/t9-,10-,12-,13+,14-,15+/m1/s1. The number of amides is 1. The molecule has 1 amide bonds. The second-order valence-electron chi connectivity index (χ2n) is 7.20. The number of hydrogen-bond donors (Lipinski definition) is 1. The fraction of sp³-hybridized carbons (Fsp3) is 0.500. The van der Waals surface area contributed by atoms with Crippen molar-refractivity contribution < 1.29 is 37.0 Å². The van der Waals surface area contributed by atoms with Crippen molar-refractivity contribution in [2.75, 3.05) is 11.9 Å². The van der Waals surface area contributed by atoms with Crippen LogP contribution in [0.4, 0.5) is 18.9 Å². The molecule has 10 heteroatoms. The second-order valence-corrected chi connectivity index (χ2v) is 8.25. The molecule has 6 nitrogen and oxygen atoms in total. The van der Waals surface area contributed by atoms with E-state index >= 15 is 0 Å². The molecule has 150 valence electrons. The summed E-state index contributed by atoms with van der Waals surface area (Å²) in [6, 6.07) is 4.14. The molecule has 0 radical (unpaired) electrons. The highest BCUT2D eigenvalue weighted by Gasteiger charge is 2.68. The van der Waals surface area contributed by atoms with Crippen LogP contribution < -0.4 is 5.32 Å². The van der Waals surface area contributed by atoms with Gasteiger partial charge in [-0.15, -0.1) is 0 Å². The lowest BCUT2D eigenvalue weighted by Crippen LogP contribution is -2.39. The Morgan fingerprint density at radius 3 is 2.75 bits per heavy atom. The minimum absolute atomic E-state index is 0.0293. The first-order valence-corrected chi connectivity index (χ1v) is 9.56. The minimum atomic E-state index is -4.53. The largest absolute Gasteiger partial charge is 0.461 e. The number of rotatable bonds is 4. The molecule has 2 bridgehead atoms. The fourth-order valence-electron chi connectivity index (χ4n) is 4.50. The van der Waals surface area contributed by atoms with Crippen LogP contribution in [0.5, 0.6) is 0 Å². The molecule has 6 atom stereocenters. The van der Waals surface area contributed by atoms with E-state index < -0.39 is 48.0 Å². The van der Waals surface area contributed by atoms with Crippen LogP contribution in [0.1, 0.15) is 12.0 Å². The van der Waals surface area contributed by atoms with Gasteiger partial charge in [-0.25, -0.2) is 0 Å². The Morgan fingerprint density at radius 1 is 1.29 bits per heavy atom. The van der Waals surface area contributed by atoms with Crippen molar-refractivity contribution in [3.63, 3.8) is 0 Å². The smallest absolute Gasteiger partial charge is 0.416 e. The van der Waals surface area contributed by atoms with Gasteiger partial charge in [0, 0.05) is 11.6 Å². The number of hydrogen-bond acceptors (Lipinski definition) is 5. The first kappa shape index (κ1) is 19.2. The Balaban J connectivity index is 1.36. The molecule has 0 unspecified atom stereocenters. The van der Waals surface area contributed by atoms with Crippen LogP contribution in [-0.4, -0.2) is 35.4 Å². The van der Waals surface area contributed by atoms with Gasteiger partial charge < -0.3 is 14.8 Å². The van der Waals surface area contributed by atoms with E-state index in [4.69, 9.17) is 9.47 Å². The molecular weight excluding hydrogens is 447 g/mol. The zero-order valence-electron chi connectivity index (χ0n) is 14.2. The predicted molar refractivity (Wildman–Crippen MR) is 92.2 cm³/mol. The van der Waals surface area contributed by atoms with Crippen molar-refractivity contribution in [2.45, 2.75) is 23.5 Å². The van der Waals surface area contributed by atoms with Crippen LogP contribution in [0.3, 0.4) is 0 Å². The summed E-state index contributed by atoms with van der Waals surface area (Å²) in [6.07, 6.45) is -4.09. The highest BCUT2D eigenvalue weighted by molar-refractivity contribution is 9.09. The lowest BCUT2D eigenvalue weighted by molar-refractivity contribution is -0.157. The summed E-state index contributed by atoms with van der Waals surface area (Å²) in [6.45, 7) is -0.652. The van der Waals surface area contributed by atoms with Crippen LogP contribution in [0, 0.1) is 23.7 Å². The molecule has 28 heavy (non-hydrogen) atoms. The molecule has 1 aromatic rings. The van der Waals surface area contributed by atoms with Gasteiger partial charge >= 0.3 is 18.1 Å². The van der Waals surface area contributed by atoms with Crippen molar-refractivity contribution in [2.24, 2.45) is 23.7 Å². The molecule has 2 aliphatic carbocycles. The quantitative estimate of drug-likeness (QED) is 0.550. The van der Waals surface area contributed by atoms with Gasteiger partial charge in [0.05, 0.1) is 22.2 Å². The molecule has 4 rings (SSSR count). The van der Waals surface area contributed by atoms with Crippen LogP contribution >= 0.6 is 15.9 Å². The van der Waals surface area contributed by atoms with Gasteiger partial charge in [0.15, 0.2) is 6.61 Å². The number of carbonyl (C=O) groups excluding carboxylic acids is 3. The first-order valence-electron chi connectivity index (χ1n) is 8.65. The van der Waals surface area contributed by atoms with Crippen LogP contribution in [0.15, 0.2) is 24.3 Å². The minimum Gasteiger partial charge on any atom is -0.461 e. The van der Waals surface area contributed by atoms with Gasteiger partial charge in [0.25, 0.3) is 5.91 Å². The molecule has 3 fully saturated rings. The van der Waals surface area contributed by atoms with Crippen molar-refractivity contribution in [3.8, 4) is 0 Å². The number of halogens is 4. The Bertz CT molecular complexity index is 845. The van der Waals surface area contributed by atoms with E-state index in [2.05, 4.69) is 21.2 Å². The van der Waals surface area contributed by atoms with Crippen LogP contribution in [0.2, 0.25) is 0 Å². The average Bonchev–Trinajstić information content (AvgIpc) is 3.23. The molecule has 1 aromatic carbocycles. The Morgan fingerprint density at radius 2 is 2.04 bits per heavy atom. The molecule has 1 N–H and O–H groups in total. The maximum Gasteiger partial charge on any atom is 0.416 e. The van der Waals surface area contributed by atoms with E-state index in [1.807, 2.05) is 0 Å². The second kappa shape index (κ2) is 6.75. The van der Waals surface area contributed by atoms with Crippen LogP contribution in [0.25, 0.3) is 0 Å². The van der Waals surface area contributed by atoms with E-state index in [9.17, 15) is 27.6 Å². The van der Waals surface area contributed by atoms with Gasteiger partial charge in [-0.05, 0) is 30.5 Å². The van der Waals surface area contributed by atoms with Gasteiger partial charge in [0.1, 0.15) is 6.10 Å². The van der Waals surface area contributed by atoms with Gasteiger partial charge in [-0.2, -0.15) is 13.2 Å². The van der Waals surface area contributed by atoms with Crippen molar-refractivity contribution in [1.82, 2.24) is 0 Å². The van der Waals surface area contributed by atoms with E-state index in [1.54, 1.807) is 0 Å². The van der Waals surface area contributed by atoms with Gasteiger partial charge in [-0.1, -0.05) is 22.0 Å². The monoisotopic (exact) mass is 461 g/mol. The lowest BCUT2D eigenvalue weighted by atomic mass is 9.80. The van der Waals surface area contributed by atoms with Crippen LogP contribution in [-0.2, 0) is 30.0 Å². The van der Waals surface area contributed by atoms with Gasteiger partial charge in [-0.3, -0.25) is 14.4 Å². The summed E-state index contributed by atoms with van der Waals surface area (Å²) < 4.78 is 48.5. The number of ether oxygens (including phenoxy) is 2. The first-order chi connectivity index (χ1) is 13.2. The van der Waals surface area contributed by atoms with E-state index in [0.717, 1.165) is 18.2 Å². The summed E-state index contributed by atoms with van der Waals surface area (Å²) in [5.74, 6) is -3.22. The predicted octanol–water partition coefficient (Wildman–Crippen LogP) is 2.76. The lowest BCUT2D eigenvalue weighted by Gasteiger charge is -2.26. The third-order valence-corrected chi connectivity index (χ3v) is 6.81. The summed E-state index contributed by atoms with van der Waals surface area (Å²) >= 11 is 3.48. The summed E-state index contributed by atoms with van der Waals surface area (Å²) in [4.78, 5) is 36.3. The zero-order chi connectivity index (χ0) is 20.2. The maximum atomic E-state index is 12.7. The number of alkyl halides is 4. The molecule has 0 aromatic heterocycles. The van der Waals surface area contributed by atoms with E-state index in [-0.39, 0.29) is 28.5 Å². The normalized spacial score (nSPS) is 32.9. The Hall–Kier alpha value is -2.10. The van der Waals surface area contributed by atoms with Crippen molar-refractivity contribution in [3.05, 3.63) is 29.8 Å². The number of nitrogens with one attached hydrogen (secondary N) is 1. The Labute approximate surface area is 165 Å². The van der Waals surface area contributed by atoms with Crippen molar-refractivity contribution >= 4 is 39.5 Å². The summed E-state index contributed by atoms with van der Waals surface area (Å²) in [7, 11) is 0. The average molecular weight is 462 g/mol. The molecule has 2 saturated carbocycles. The number of benzene rings is 1. The highest BCUT2D eigenvalue weighted by Crippen LogP contribution is 2.60. The molecule has 3 aliphatic rings. The van der Waals surface area contributed by atoms with E-state index in [0.29, 0.717) is 6.42 Å². The third kappa shape index (κ3) is 3.17. The van der Waals surface area contributed by atoms with E-state index in [1.165, 1.54) is 6.07 Å². The summed E-state index contributed by atoms with van der Waals surface area (Å²) in [5, 5.41) is 2.27. The topological polar surface area (TPSA) is 81.7 Å². The Kier molecular flexibility index (Phi) is 4.64. The zero-order valence-corrected chi connectivity index (χ0v) is 15.8.